The number of nitrogens with zero attached hydrogens (tertiary/aromatic N) is 6. The number of anilines is 3. The molecule has 0 aliphatic carbocycles. The molecule has 0 saturated carbocycles. The molecule has 0 amide bonds. The molecule has 58 heavy (non-hydrogen) atoms. The number of rotatable bonds is 12. The van der Waals surface area contributed by atoms with Crippen molar-refractivity contribution in [1.29, 1.82) is 0 Å². The van der Waals surface area contributed by atoms with Crippen molar-refractivity contribution in [3.63, 3.8) is 0 Å². The van der Waals surface area contributed by atoms with Crippen LogP contribution in [-0.4, -0.2) is 54.7 Å². The van der Waals surface area contributed by atoms with Crippen molar-refractivity contribution in [2.75, 3.05) is 31.5 Å². The van der Waals surface area contributed by atoms with Crippen molar-refractivity contribution in [2.45, 2.75) is 6.54 Å². The highest BCUT2D eigenvalue weighted by molar-refractivity contribution is 6.30. The van der Waals surface area contributed by atoms with E-state index in [0.29, 0.717) is 16.6 Å². The lowest BCUT2D eigenvalue weighted by molar-refractivity contribution is 0.0589. The smallest absolute Gasteiger partial charge is 0.340 e. The Labute approximate surface area is 341 Å². The van der Waals surface area contributed by atoms with Crippen molar-refractivity contribution in [1.82, 2.24) is 9.97 Å². The zero-order valence-electron chi connectivity index (χ0n) is 31.0. The average molecular weight is 821 g/mol. The fourth-order valence-electron chi connectivity index (χ4n) is 5.29. The van der Waals surface area contributed by atoms with Crippen molar-refractivity contribution < 1.29 is 33.0 Å². The zero-order valence-corrected chi connectivity index (χ0v) is 32.5. The number of pyridine rings is 2. The third-order valence-corrected chi connectivity index (χ3v) is 8.94. The summed E-state index contributed by atoms with van der Waals surface area (Å²) in [6.45, 7) is 0.576. The second kappa shape index (κ2) is 19.6. The Morgan fingerprint density at radius 3 is 1.81 bits per heavy atom. The van der Waals surface area contributed by atoms with Crippen molar-refractivity contribution >= 4 is 69.5 Å². The molecule has 0 bridgehead atoms. The molecule has 1 N–H and O–H groups in total. The van der Waals surface area contributed by atoms with Gasteiger partial charge in [-0.05, 0) is 96.0 Å². The molecule has 0 aliphatic heterocycles. The number of esters is 2. The molecule has 2 aromatic heterocycles. The molecule has 2 heterocycles. The van der Waals surface area contributed by atoms with Crippen LogP contribution in [0.1, 0.15) is 58.4 Å². The van der Waals surface area contributed by atoms with Crippen molar-refractivity contribution in [2.24, 2.45) is 5.11 Å². The largest absolute Gasteiger partial charge is 0.465 e. The minimum absolute atomic E-state index is 0.000224. The summed E-state index contributed by atoms with van der Waals surface area (Å²) < 4.78 is 22.9. The van der Waals surface area contributed by atoms with E-state index in [1.54, 1.807) is 42.6 Å². The maximum Gasteiger partial charge on any atom is 0.340 e. The van der Waals surface area contributed by atoms with Gasteiger partial charge in [0.1, 0.15) is 17.2 Å². The lowest BCUT2D eigenvalue weighted by Crippen LogP contribution is -2.11. The number of methoxy groups -OCH3 is 2. The second-order valence-electron chi connectivity index (χ2n) is 12.1. The number of carbonyl (C=O) groups is 4. The van der Waals surface area contributed by atoms with Gasteiger partial charge in [0.05, 0.1) is 54.8 Å². The van der Waals surface area contributed by atoms with Crippen LogP contribution in [0.15, 0.2) is 127 Å². The lowest BCUT2D eigenvalue weighted by atomic mass is 10.0. The van der Waals surface area contributed by atoms with Gasteiger partial charge >= 0.3 is 11.9 Å². The fourth-order valence-corrected chi connectivity index (χ4v) is 5.54. The highest BCUT2D eigenvalue weighted by Gasteiger charge is 2.19. The van der Waals surface area contributed by atoms with E-state index in [2.05, 4.69) is 30.0 Å². The molecule has 0 atom stereocenters. The van der Waals surface area contributed by atoms with E-state index in [4.69, 9.17) is 33.5 Å². The molecule has 16 heteroatoms. The Morgan fingerprint density at radius 2 is 1.26 bits per heavy atom. The predicted molar refractivity (Wildman–Crippen MR) is 218 cm³/mol. The molecule has 6 aromatic rings. The number of azide groups is 1. The standard InChI is InChI=1S/C21H16ClFN2O3.C21H16ClN5O3/c1-28-21(27)17-10-14(4-8-18(17)23)20(26)19-9-7-16(12-25-19)24-11-13-2-5-15(22)6-3-13;1-27(15-6-4-14(22)5-7-15)16-8-10-19(24-12-16)20(28)13-3-9-18(25-26-23)17(11-13)21(29)30-2/h2-10,12,24H,11H2,1H3;3-12H,1-2H3. The van der Waals surface area contributed by atoms with E-state index < -0.39 is 23.5 Å². The normalized spacial score (nSPS) is 10.2. The molecule has 0 saturated heterocycles. The molecule has 0 fully saturated rings. The molecule has 0 aliphatic rings. The summed E-state index contributed by atoms with van der Waals surface area (Å²) >= 11 is 11.8. The van der Waals surface area contributed by atoms with Gasteiger partial charge in [0, 0.05) is 45.4 Å². The molecular formula is C42H32Cl2FN7O6. The summed E-state index contributed by atoms with van der Waals surface area (Å²) in [6.07, 6.45) is 3.12. The Morgan fingerprint density at radius 1 is 0.724 bits per heavy atom. The van der Waals surface area contributed by atoms with Crippen LogP contribution in [0.3, 0.4) is 0 Å². The summed E-state index contributed by atoms with van der Waals surface area (Å²) in [7, 11) is 4.22. The summed E-state index contributed by atoms with van der Waals surface area (Å²) in [4.78, 5) is 61.9. The van der Waals surface area contributed by atoms with Gasteiger partial charge in [-0.2, -0.15) is 0 Å². The van der Waals surface area contributed by atoms with Crippen LogP contribution in [0, 0.1) is 5.82 Å². The second-order valence-corrected chi connectivity index (χ2v) is 13.0. The van der Waals surface area contributed by atoms with E-state index in [1.807, 2.05) is 48.3 Å². The fraction of sp³-hybridized carbons (Fsp3) is 0.0952. The first-order valence-corrected chi connectivity index (χ1v) is 17.8. The van der Waals surface area contributed by atoms with Gasteiger partial charge in [0.15, 0.2) is 0 Å². The molecule has 13 nitrogen and oxygen atoms in total. The summed E-state index contributed by atoms with van der Waals surface area (Å²) in [6, 6.07) is 29.1. The highest BCUT2D eigenvalue weighted by atomic mass is 35.5. The van der Waals surface area contributed by atoms with Crippen LogP contribution in [-0.2, 0) is 16.0 Å². The van der Waals surface area contributed by atoms with Crippen LogP contribution in [0.4, 0.5) is 27.1 Å². The lowest BCUT2D eigenvalue weighted by Gasteiger charge is -2.19. The first-order valence-electron chi connectivity index (χ1n) is 17.1. The first-order chi connectivity index (χ1) is 27.9. The summed E-state index contributed by atoms with van der Waals surface area (Å²) in [5.74, 6) is -3.11. The molecule has 0 radical (unpaired) electrons. The minimum Gasteiger partial charge on any atom is -0.465 e. The number of aromatic nitrogens is 2. The van der Waals surface area contributed by atoms with Gasteiger partial charge in [-0.15, -0.1) is 0 Å². The molecule has 0 spiro atoms. The van der Waals surface area contributed by atoms with Crippen molar-refractivity contribution in [3.8, 4) is 0 Å². The number of hydrogen-bond acceptors (Lipinski definition) is 11. The van der Waals surface area contributed by atoms with Gasteiger partial charge in [-0.1, -0.05) is 52.6 Å². The van der Waals surface area contributed by atoms with Gasteiger partial charge in [-0.25, -0.2) is 14.0 Å². The van der Waals surface area contributed by atoms with Gasteiger partial charge in [0.25, 0.3) is 0 Å². The Balaban J connectivity index is 0.000000221. The number of carbonyl (C=O) groups excluding carboxylic acids is 4. The van der Waals surface area contributed by atoms with E-state index in [1.165, 1.54) is 37.6 Å². The van der Waals surface area contributed by atoms with Crippen LogP contribution >= 0.6 is 23.2 Å². The zero-order chi connectivity index (χ0) is 41.8. The van der Waals surface area contributed by atoms with E-state index in [9.17, 15) is 23.6 Å². The quantitative estimate of drug-likeness (QED) is 0.0411. The maximum atomic E-state index is 13.7. The summed E-state index contributed by atoms with van der Waals surface area (Å²) in [5.41, 5.74) is 12.7. The minimum atomic E-state index is -0.846. The van der Waals surface area contributed by atoms with Crippen molar-refractivity contribution in [3.05, 3.63) is 187 Å². The molecule has 292 valence electrons. The van der Waals surface area contributed by atoms with E-state index in [0.717, 1.165) is 41.9 Å². The maximum absolute atomic E-state index is 13.7. The van der Waals surface area contributed by atoms with Gasteiger partial charge in [0.2, 0.25) is 11.6 Å². The molecular weight excluding hydrogens is 788 g/mol. The van der Waals surface area contributed by atoms with E-state index in [-0.39, 0.29) is 45.1 Å². The third-order valence-electron chi connectivity index (χ3n) is 8.44. The number of ketones is 2. The van der Waals surface area contributed by atoms with Crippen LogP contribution in [0.2, 0.25) is 10.0 Å². The number of benzene rings is 4. The number of ether oxygens (including phenoxy) is 2. The Bertz CT molecular complexity index is 2500. The first kappa shape index (κ1) is 42.0. The Hall–Kier alpha value is -7.12. The van der Waals surface area contributed by atoms with Crippen LogP contribution in [0.5, 0.6) is 0 Å². The molecule has 0 unspecified atom stereocenters. The molecule has 4 aromatic carbocycles. The topological polar surface area (TPSA) is 177 Å². The predicted octanol–water partition coefficient (Wildman–Crippen LogP) is 9.97. The van der Waals surface area contributed by atoms with Gasteiger partial charge < -0.3 is 19.7 Å². The van der Waals surface area contributed by atoms with Crippen LogP contribution in [0.25, 0.3) is 10.4 Å². The number of hydrogen-bond donors (Lipinski definition) is 1. The monoisotopic (exact) mass is 819 g/mol. The Kier molecular flexibility index (Phi) is 14.2. The number of nitrogens with one attached hydrogen (secondary N) is 1. The SMILES string of the molecule is COC(=O)c1cc(C(=O)c2ccc(N(C)c3ccc(Cl)cc3)cn2)ccc1N=[N+]=[N-].COC(=O)c1cc(C(=O)c2ccc(NCc3ccc(Cl)cc3)cn2)ccc1F. The van der Waals surface area contributed by atoms with Gasteiger partial charge in [-0.3, -0.25) is 19.6 Å². The summed E-state index contributed by atoms with van der Waals surface area (Å²) in [5, 5.41) is 7.96. The van der Waals surface area contributed by atoms with E-state index >= 15 is 0 Å². The van der Waals surface area contributed by atoms with Crippen LogP contribution < -0.4 is 10.2 Å². The average Bonchev–Trinajstić information content (AvgIpc) is 3.26. The molecule has 6 rings (SSSR count). The number of halogens is 3. The highest BCUT2D eigenvalue weighted by Crippen LogP contribution is 2.26. The third kappa shape index (κ3) is 10.6.